The highest BCUT2D eigenvalue weighted by Crippen LogP contribution is 2.18. The van der Waals surface area contributed by atoms with Crippen molar-refractivity contribution in [3.8, 4) is 0 Å². The van der Waals surface area contributed by atoms with E-state index in [1.54, 1.807) is 0 Å². The summed E-state index contributed by atoms with van der Waals surface area (Å²) in [5.74, 6) is 1.48. The van der Waals surface area contributed by atoms with E-state index in [9.17, 15) is 0 Å². The van der Waals surface area contributed by atoms with E-state index in [1.807, 2.05) is 13.8 Å². The third-order valence-electron chi connectivity index (χ3n) is 4.42. The van der Waals surface area contributed by atoms with Crippen LogP contribution in [0.3, 0.4) is 0 Å². The number of nitrogens with one attached hydrogen (secondary N) is 3. The third kappa shape index (κ3) is 6.04. The van der Waals surface area contributed by atoms with Gasteiger partial charge in [-0.05, 0) is 32.3 Å². The van der Waals surface area contributed by atoms with Crippen molar-refractivity contribution < 1.29 is 4.84 Å². The van der Waals surface area contributed by atoms with Crippen LogP contribution in [0.4, 0.5) is 17.8 Å². The van der Waals surface area contributed by atoms with Crippen LogP contribution in [0.25, 0.3) is 0 Å². The van der Waals surface area contributed by atoms with Crippen LogP contribution < -0.4 is 16.1 Å². The molecule has 3 rings (SSSR count). The summed E-state index contributed by atoms with van der Waals surface area (Å²) in [5, 5.41) is 6.66. The molecule has 0 atom stereocenters. The molecule has 0 aliphatic carbocycles. The lowest BCUT2D eigenvalue weighted by Crippen LogP contribution is -2.39. The van der Waals surface area contributed by atoms with Crippen molar-refractivity contribution in [1.29, 1.82) is 0 Å². The second kappa shape index (κ2) is 9.48. The van der Waals surface area contributed by atoms with Crippen LogP contribution in [0.15, 0.2) is 30.3 Å². The summed E-state index contributed by atoms with van der Waals surface area (Å²) in [6.07, 6.45) is 2.11. The van der Waals surface area contributed by atoms with Gasteiger partial charge in [-0.25, -0.2) is 5.48 Å². The van der Waals surface area contributed by atoms with Crippen molar-refractivity contribution in [2.75, 3.05) is 36.3 Å². The maximum atomic E-state index is 4.94. The number of anilines is 3. The molecule has 1 aliphatic rings. The highest BCUT2D eigenvalue weighted by Gasteiger charge is 2.20. The Morgan fingerprint density at radius 3 is 2.37 bits per heavy atom. The first-order chi connectivity index (χ1) is 13.1. The Morgan fingerprint density at radius 2 is 1.70 bits per heavy atom. The fourth-order valence-electron chi connectivity index (χ4n) is 3.16. The molecule has 8 heteroatoms. The van der Waals surface area contributed by atoms with Crippen molar-refractivity contribution in [1.82, 2.24) is 19.9 Å². The predicted octanol–water partition coefficient (Wildman–Crippen LogP) is 2.74. The van der Waals surface area contributed by atoms with Crippen LogP contribution in [-0.2, 0) is 11.4 Å². The first-order valence-corrected chi connectivity index (χ1v) is 9.47. The standard InChI is InChI=1S/C19H29N7O/c1-14(2)20-17-22-18(24-19(23-17)25-27-3)21-16-9-11-26(12-10-16)13-15-7-5-4-6-8-15/h4-8,14,16H,9-13H2,1-3H3,(H3,20,21,22,23,24,25). The van der Waals surface area contributed by atoms with Gasteiger partial charge < -0.3 is 10.6 Å². The van der Waals surface area contributed by atoms with Crippen LogP contribution >= 0.6 is 0 Å². The van der Waals surface area contributed by atoms with Crippen molar-refractivity contribution >= 4 is 17.8 Å². The van der Waals surface area contributed by atoms with E-state index in [0.29, 0.717) is 23.9 Å². The molecular weight excluding hydrogens is 342 g/mol. The normalized spacial score (nSPS) is 15.7. The molecule has 1 aromatic heterocycles. The van der Waals surface area contributed by atoms with Crippen molar-refractivity contribution in [2.45, 2.75) is 45.3 Å². The average Bonchev–Trinajstić information content (AvgIpc) is 2.64. The first kappa shape index (κ1) is 19.3. The molecule has 8 nitrogen and oxygen atoms in total. The van der Waals surface area contributed by atoms with E-state index < -0.39 is 0 Å². The monoisotopic (exact) mass is 371 g/mol. The number of nitrogens with zero attached hydrogens (tertiary/aromatic N) is 4. The summed E-state index contributed by atoms with van der Waals surface area (Å²) in [6.45, 7) is 7.20. The van der Waals surface area contributed by atoms with Crippen LogP contribution in [-0.4, -0.2) is 52.1 Å². The Balaban J connectivity index is 1.56. The Bertz CT molecular complexity index is 702. The van der Waals surface area contributed by atoms with Gasteiger partial charge in [0, 0.05) is 31.7 Å². The van der Waals surface area contributed by atoms with E-state index in [2.05, 4.69) is 66.3 Å². The molecule has 27 heavy (non-hydrogen) atoms. The first-order valence-electron chi connectivity index (χ1n) is 9.47. The largest absolute Gasteiger partial charge is 0.352 e. The van der Waals surface area contributed by atoms with Crippen molar-refractivity contribution in [3.63, 3.8) is 0 Å². The zero-order valence-corrected chi connectivity index (χ0v) is 16.3. The van der Waals surface area contributed by atoms with Gasteiger partial charge in [-0.3, -0.25) is 9.74 Å². The lowest BCUT2D eigenvalue weighted by atomic mass is 10.0. The van der Waals surface area contributed by atoms with E-state index in [0.717, 1.165) is 32.5 Å². The Hall–Kier alpha value is -2.45. The van der Waals surface area contributed by atoms with Gasteiger partial charge in [0.1, 0.15) is 0 Å². The minimum Gasteiger partial charge on any atom is -0.352 e. The van der Waals surface area contributed by atoms with Gasteiger partial charge in [0.05, 0.1) is 7.11 Å². The van der Waals surface area contributed by atoms with Crippen LogP contribution in [0, 0.1) is 0 Å². The average molecular weight is 371 g/mol. The highest BCUT2D eigenvalue weighted by molar-refractivity contribution is 5.42. The number of rotatable bonds is 8. The number of likely N-dealkylation sites (tertiary alicyclic amines) is 1. The molecule has 1 saturated heterocycles. The van der Waals surface area contributed by atoms with Crippen molar-refractivity contribution in [3.05, 3.63) is 35.9 Å². The molecule has 1 aliphatic heterocycles. The lowest BCUT2D eigenvalue weighted by Gasteiger charge is -2.32. The number of piperidine rings is 1. The fraction of sp³-hybridized carbons (Fsp3) is 0.526. The number of benzene rings is 1. The second-order valence-corrected chi connectivity index (χ2v) is 7.09. The Labute approximate surface area is 160 Å². The summed E-state index contributed by atoms with van der Waals surface area (Å²) in [4.78, 5) is 20.6. The Morgan fingerprint density at radius 1 is 1.04 bits per heavy atom. The molecule has 0 radical (unpaired) electrons. The second-order valence-electron chi connectivity index (χ2n) is 7.09. The SMILES string of the molecule is CONc1nc(NC(C)C)nc(NC2CCN(Cc3ccccc3)CC2)n1. The topological polar surface area (TPSA) is 87.2 Å². The molecule has 0 bridgehead atoms. The quantitative estimate of drug-likeness (QED) is 0.611. The minimum atomic E-state index is 0.233. The molecule has 0 amide bonds. The van der Waals surface area contributed by atoms with Gasteiger partial charge in [-0.1, -0.05) is 30.3 Å². The van der Waals surface area contributed by atoms with E-state index in [1.165, 1.54) is 12.7 Å². The summed E-state index contributed by atoms with van der Waals surface area (Å²) < 4.78 is 0. The molecule has 0 unspecified atom stereocenters. The fourth-order valence-corrected chi connectivity index (χ4v) is 3.16. The summed E-state index contributed by atoms with van der Waals surface area (Å²) in [5.41, 5.74) is 4.04. The maximum absolute atomic E-state index is 4.94. The number of hydrogen-bond acceptors (Lipinski definition) is 8. The van der Waals surface area contributed by atoms with Gasteiger partial charge >= 0.3 is 0 Å². The van der Waals surface area contributed by atoms with Gasteiger partial charge in [-0.2, -0.15) is 15.0 Å². The summed E-state index contributed by atoms with van der Waals surface area (Å²) in [6, 6.07) is 11.2. The van der Waals surface area contributed by atoms with E-state index >= 15 is 0 Å². The van der Waals surface area contributed by atoms with Gasteiger partial charge in [0.25, 0.3) is 5.95 Å². The van der Waals surface area contributed by atoms with E-state index in [4.69, 9.17) is 4.84 Å². The third-order valence-corrected chi connectivity index (χ3v) is 4.42. The number of aromatic nitrogens is 3. The molecule has 146 valence electrons. The lowest BCUT2D eigenvalue weighted by molar-refractivity contribution is 0.211. The number of hydrogen-bond donors (Lipinski definition) is 3. The molecule has 1 fully saturated rings. The van der Waals surface area contributed by atoms with Crippen LogP contribution in [0.1, 0.15) is 32.3 Å². The van der Waals surface area contributed by atoms with Gasteiger partial charge in [0.2, 0.25) is 11.9 Å². The van der Waals surface area contributed by atoms with E-state index in [-0.39, 0.29) is 6.04 Å². The molecule has 2 aromatic rings. The van der Waals surface area contributed by atoms with Gasteiger partial charge in [0.15, 0.2) is 0 Å². The molecule has 3 N–H and O–H groups in total. The summed E-state index contributed by atoms with van der Waals surface area (Å²) >= 11 is 0. The highest BCUT2D eigenvalue weighted by atomic mass is 16.6. The molecule has 0 saturated carbocycles. The molecule has 1 aromatic carbocycles. The zero-order valence-electron chi connectivity index (χ0n) is 16.3. The maximum Gasteiger partial charge on any atom is 0.253 e. The summed E-state index contributed by atoms with van der Waals surface area (Å²) in [7, 11) is 1.54. The predicted molar refractivity (Wildman–Crippen MR) is 108 cm³/mol. The van der Waals surface area contributed by atoms with Crippen LogP contribution in [0.5, 0.6) is 0 Å². The zero-order chi connectivity index (χ0) is 19.1. The van der Waals surface area contributed by atoms with Gasteiger partial charge in [-0.15, -0.1) is 0 Å². The molecule has 0 spiro atoms. The molecular formula is C19H29N7O. The molecule has 2 heterocycles. The Kier molecular flexibility index (Phi) is 6.78. The smallest absolute Gasteiger partial charge is 0.253 e. The van der Waals surface area contributed by atoms with Crippen LogP contribution in [0.2, 0.25) is 0 Å². The van der Waals surface area contributed by atoms with Crippen molar-refractivity contribution in [2.24, 2.45) is 0 Å². The minimum absolute atomic E-state index is 0.233.